The molecule has 176 valence electrons. The van der Waals surface area contributed by atoms with Crippen molar-refractivity contribution in [2.45, 2.75) is 77.2 Å². The molecule has 6 heteroatoms. The molecule has 0 atom stereocenters. The van der Waals surface area contributed by atoms with Gasteiger partial charge < -0.3 is 14.8 Å². The van der Waals surface area contributed by atoms with Gasteiger partial charge in [0.1, 0.15) is 17.2 Å². The number of aromatic nitrogens is 2. The number of fused-ring (bicyclic) bond motifs is 1. The number of imidazole rings is 1. The molecule has 1 aliphatic rings. The number of pyridine rings is 1. The summed E-state index contributed by atoms with van der Waals surface area (Å²) in [6.07, 6.45) is 12.8. The molecule has 1 saturated carbocycles. The zero-order valence-corrected chi connectivity index (χ0v) is 19.8. The van der Waals surface area contributed by atoms with E-state index >= 15 is 0 Å². The first-order valence-electron chi connectivity index (χ1n) is 12.3. The van der Waals surface area contributed by atoms with Crippen LogP contribution < -0.4 is 14.8 Å². The van der Waals surface area contributed by atoms with Crippen molar-refractivity contribution < 1.29 is 14.3 Å². The Morgan fingerprint density at radius 2 is 1.94 bits per heavy atom. The smallest absolute Gasteiger partial charge is 0.311 e. The number of rotatable bonds is 10. The number of unbranched alkanes of at least 4 members (excludes halogenated alkanes) is 3. The molecule has 0 aliphatic heterocycles. The van der Waals surface area contributed by atoms with Gasteiger partial charge in [-0.05, 0) is 49.6 Å². The summed E-state index contributed by atoms with van der Waals surface area (Å²) in [5.74, 6) is 1.77. The third-order valence-electron chi connectivity index (χ3n) is 6.37. The van der Waals surface area contributed by atoms with Crippen LogP contribution in [0.5, 0.6) is 11.5 Å². The summed E-state index contributed by atoms with van der Waals surface area (Å²) in [5, 5.41) is 3.76. The van der Waals surface area contributed by atoms with Crippen molar-refractivity contribution >= 4 is 17.4 Å². The number of anilines is 1. The van der Waals surface area contributed by atoms with E-state index in [1.807, 2.05) is 42.6 Å². The lowest BCUT2D eigenvalue weighted by molar-refractivity contribution is -0.134. The predicted octanol–water partition coefficient (Wildman–Crippen LogP) is 6.63. The predicted molar refractivity (Wildman–Crippen MR) is 132 cm³/mol. The number of methoxy groups -OCH3 is 1. The Hall–Kier alpha value is -3.02. The summed E-state index contributed by atoms with van der Waals surface area (Å²) in [4.78, 5) is 17.2. The second-order valence-corrected chi connectivity index (χ2v) is 8.87. The van der Waals surface area contributed by atoms with Crippen molar-refractivity contribution in [3.05, 3.63) is 42.6 Å². The summed E-state index contributed by atoms with van der Waals surface area (Å²) >= 11 is 0. The van der Waals surface area contributed by atoms with Crippen LogP contribution in [0.4, 0.5) is 5.82 Å². The van der Waals surface area contributed by atoms with Crippen LogP contribution >= 0.6 is 0 Å². The second-order valence-electron chi connectivity index (χ2n) is 8.87. The molecule has 1 aromatic carbocycles. The number of hydrogen-bond acceptors (Lipinski definition) is 5. The molecule has 0 bridgehead atoms. The molecule has 6 nitrogen and oxygen atoms in total. The number of carbonyl (C=O) groups is 1. The number of nitrogens with one attached hydrogen (secondary N) is 1. The van der Waals surface area contributed by atoms with Crippen molar-refractivity contribution in [2.75, 3.05) is 12.4 Å². The summed E-state index contributed by atoms with van der Waals surface area (Å²) in [7, 11) is 1.60. The lowest BCUT2D eigenvalue weighted by Crippen LogP contribution is -2.23. The Bertz CT molecular complexity index is 1070. The molecule has 0 spiro atoms. The molecule has 0 unspecified atom stereocenters. The quantitative estimate of drug-likeness (QED) is 0.214. The molecule has 0 amide bonds. The van der Waals surface area contributed by atoms with Crippen LogP contribution in [0.2, 0.25) is 0 Å². The van der Waals surface area contributed by atoms with Gasteiger partial charge in [0.25, 0.3) is 0 Å². The second kappa shape index (κ2) is 11.2. The van der Waals surface area contributed by atoms with Crippen molar-refractivity contribution in [3.8, 4) is 22.8 Å². The highest BCUT2D eigenvalue weighted by Gasteiger charge is 2.21. The topological polar surface area (TPSA) is 64.9 Å². The van der Waals surface area contributed by atoms with Gasteiger partial charge in [-0.3, -0.25) is 9.20 Å². The zero-order chi connectivity index (χ0) is 23.0. The molecular formula is C27H35N3O3. The Kier molecular flexibility index (Phi) is 7.87. The number of ether oxygens (including phenoxy) is 2. The summed E-state index contributed by atoms with van der Waals surface area (Å²) < 4.78 is 13.3. The number of carbonyl (C=O) groups excluding carboxylic acids is 1. The van der Waals surface area contributed by atoms with E-state index in [0.717, 1.165) is 48.4 Å². The Morgan fingerprint density at radius 1 is 1.09 bits per heavy atom. The maximum absolute atomic E-state index is 12.3. The third kappa shape index (κ3) is 5.67. The highest BCUT2D eigenvalue weighted by Crippen LogP contribution is 2.37. The number of hydrogen-bond donors (Lipinski definition) is 1. The minimum atomic E-state index is -0.218. The molecule has 0 radical (unpaired) electrons. The van der Waals surface area contributed by atoms with Crippen molar-refractivity contribution in [3.63, 3.8) is 0 Å². The first-order chi connectivity index (χ1) is 16.2. The SMILES string of the molecule is CCCCCCC(=O)Oc1ccc(-c2nc3ccccn3c2NC2CCCCC2)cc1OC. The Balaban J connectivity index is 1.58. The monoisotopic (exact) mass is 449 g/mol. The fourth-order valence-electron chi connectivity index (χ4n) is 4.54. The first-order valence-corrected chi connectivity index (χ1v) is 12.3. The van der Waals surface area contributed by atoms with E-state index in [4.69, 9.17) is 14.5 Å². The molecular weight excluding hydrogens is 414 g/mol. The molecule has 33 heavy (non-hydrogen) atoms. The lowest BCUT2D eigenvalue weighted by Gasteiger charge is -2.24. The van der Waals surface area contributed by atoms with E-state index < -0.39 is 0 Å². The molecule has 0 saturated heterocycles. The van der Waals surface area contributed by atoms with Crippen LogP contribution in [0, 0.1) is 0 Å². The van der Waals surface area contributed by atoms with Crippen LogP contribution in [0.1, 0.15) is 71.1 Å². The summed E-state index contributed by atoms with van der Waals surface area (Å²) in [6.45, 7) is 2.16. The van der Waals surface area contributed by atoms with Crippen LogP contribution in [-0.4, -0.2) is 28.5 Å². The van der Waals surface area contributed by atoms with Gasteiger partial charge in [0.2, 0.25) is 0 Å². The molecule has 1 fully saturated rings. The lowest BCUT2D eigenvalue weighted by atomic mass is 9.95. The minimum absolute atomic E-state index is 0.218. The highest BCUT2D eigenvalue weighted by molar-refractivity contribution is 5.79. The maximum Gasteiger partial charge on any atom is 0.311 e. The van der Waals surface area contributed by atoms with Crippen LogP contribution in [0.3, 0.4) is 0 Å². The summed E-state index contributed by atoms with van der Waals surface area (Å²) in [6, 6.07) is 12.2. The molecule has 1 aliphatic carbocycles. The van der Waals surface area contributed by atoms with E-state index in [1.165, 1.54) is 32.1 Å². The van der Waals surface area contributed by atoms with E-state index in [-0.39, 0.29) is 5.97 Å². The number of benzene rings is 1. The first kappa shape index (κ1) is 23.1. The van der Waals surface area contributed by atoms with Crippen molar-refractivity contribution in [2.24, 2.45) is 0 Å². The van der Waals surface area contributed by atoms with Crippen LogP contribution in [-0.2, 0) is 4.79 Å². The normalized spacial score (nSPS) is 14.4. The molecule has 4 rings (SSSR count). The van der Waals surface area contributed by atoms with Gasteiger partial charge in [-0.25, -0.2) is 4.98 Å². The number of nitrogens with zero attached hydrogens (tertiary/aromatic N) is 2. The maximum atomic E-state index is 12.3. The minimum Gasteiger partial charge on any atom is -0.493 e. The van der Waals surface area contributed by atoms with Crippen LogP contribution in [0.15, 0.2) is 42.6 Å². The number of esters is 1. The van der Waals surface area contributed by atoms with Gasteiger partial charge >= 0.3 is 5.97 Å². The van der Waals surface area contributed by atoms with Gasteiger partial charge in [0.05, 0.1) is 7.11 Å². The Labute approximate surface area is 196 Å². The van der Waals surface area contributed by atoms with E-state index in [2.05, 4.69) is 16.6 Å². The fraction of sp³-hybridized carbons (Fsp3) is 0.481. The van der Waals surface area contributed by atoms with Gasteiger partial charge in [-0.2, -0.15) is 0 Å². The van der Waals surface area contributed by atoms with Crippen molar-refractivity contribution in [1.82, 2.24) is 9.38 Å². The molecule has 3 aromatic rings. The van der Waals surface area contributed by atoms with E-state index in [0.29, 0.717) is 24.0 Å². The summed E-state index contributed by atoms with van der Waals surface area (Å²) in [5.41, 5.74) is 2.70. The van der Waals surface area contributed by atoms with Gasteiger partial charge in [-0.15, -0.1) is 0 Å². The van der Waals surface area contributed by atoms with E-state index in [9.17, 15) is 4.79 Å². The van der Waals surface area contributed by atoms with Gasteiger partial charge in [0.15, 0.2) is 11.5 Å². The Morgan fingerprint density at radius 3 is 2.73 bits per heavy atom. The average Bonchev–Trinajstić information content (AvgIpc) is 3.21. The van der Waals surface area contributed by atoms with Crippen molar-refractivity contribution in [1.29, 1.82) is 0 Å². The third-order valence-corrected chi connectivity index (χ3v) is 6.37. The van der Waals surface area contributed by atoms with E-state index in [1.54, 1.807) is 7.11 Å². The van der Waals surface area contributed by atoms with Crippen LogP contribution in [0.25, 0.3) is 16.9 Å². The highest BCUT2D eigenvalue weighted by atomic mass is 16.6. The average molecular weight is 450 g/mol. The van der Waals surface area contributed by atoms with Gasteiger partial charge in [0, 0.05) is 24.2 Å². The largest absolute Gasteiger partial charge is 0.493 e. The molecule has 2 heterocycles. The molecule has 2 aromatic heterocycles. The standard InChI is InChI=1S/C27H35N3O3/c1-3-4-5-9-15-25(31)33-22-17-16-20(19-23(22)32-2)26-27(28-21-12-7-6-8-13-21)30-18-11-10-14-24(30)29-26/h10-11,14,16-19,21,28H,3-9,12-13,15H2,1-2H3. The van der Waals surface area contributed by atoms with Gasteiger partial charge in [-0.1, -0.05) is 51.5 Å². The fourth-order valence-corrected chi connectivity index (χ4v) is 4.54. The molecule has 1 N–H and O–H groups in total. The zero-order valence-electron chi connectivity index (χ0n) is 19.8.